The van der Waals surface area contributed by atoms with E-state index in [-0.39, 0.29) is 29.6 Å². The minimum absolute atomic E-state index is 0.152. The third-order valence-electron chi connectivity index (χ3n) is 3.35. The van der Waals surface area contributed by atoms with Gasteiger partial charge in [-0.3, -0.25) is 0 Å². The molecule has 0 saturated heterocycles. The van der Waals surface area contributed by atoms with E-state index in [0.717, 1.165) is 8.61 Å². The fraction of sp³-hybridized carbons (Fsp3) is 0.500. The van der Waals surface area contributed by atoms with E-state index in [9.17, 15) is 17.2 Å². The molecule has 19 heavy (non-hydrogen) atoms. The lowest BCUT2D eigenvalue weighted by atomic mass is 10.3. The molecule has 1 unspecified atom stereocenters. The fourth-order valence-electron chi connectivity index (χ4n) is 2.09. The molecule has 0 N–H and O–H groups in total. The summed E-state index contributed by atoms with van der Waals surface area (Å²) in [6, 6.07) is 2.92. The maximum Gasteiger partial charge on any atom is 0.327 e. The van der Waals surface area contributed by atoms with Crippen LogP contribution >= 0.6 is 11.6 Å². The lowest BCUT2D eigenvalue weighted by Crippen LogP contribution is -2.37. The first-order valence-electron chi connectivity index (χ1n) is 5.54. The molecule has 0 spiro atoms. The molecule has 1 aliphatic carbocycles. The summed E-state index contributed by atoms with van der Waals surface area (Å²) in [5.41, 5.74) is 0.287. The monoisotopic (exact) mass is 309 g/mol. The Labute approximate surface area is 114 Å². The predicted octanol–water partition coefficient (Wildman–Crippen LogP) is 1.89. The van der Waals surface area contributed by atoms with Gasteiger partial charge in [0.2, 0.25) is 0 Å². The number of anilines is 2. The first kappa shape index (κ1) is 12.9. The summed E-state index contributed by atoms with van der Waals surface area (Å²) in [5.74, 6) is -3.54. The van der Waals surface area contributed by atoms with Crippen molar-refractivity contribution in [2.45, 2.75) is 12.3 Å². The minimum atomic E-state index is -3.83. The lowest BCUT2D eigenvalue weighted by molar-refractivity contribution is 0.101. The Balaban J connectivity index is 2.00. The van der Waals surface area contributed by atoms with Crippen LogP contribution in [0.25, 0.3) is 0 Å². The van der Waals surface area contributed by atoms with Gasteiger partial charge in [0.05, 0.1) is 5.69 Å². The van der Waals surface area contributed by atoms with Gasteiger partial charge in [-0.15, -0.1) is 0 Å². The number of alkyl halides is 2. The molecule has 1 saturated carbocycles. The Bertz CT molecular complexity index is 652. The molecule has 2 aliphatic rings. The second-order valence-corrected chi connectivity index (χ2v) is 6.92. The number of nitrogens with zero attached hydrogens (tertiary/aromatic N) is 3. The molecule has 0 radical (unpaired) electrons. The molecule has 2 heterocycles. The molecule has 9 heteroatoms. The van der Waals surface area contributed by atoms with Crippen molar-refractivity contribution in [2.24, 2.45) is 5.92 Å². The number of pyridine rings is 1. The van der Waals surface area contributed by atoms with Crippen LogP contribution in [0.5, 0.6) is 0 Å². The smallest absolute Gasteiger partial charge is 0.249 e. The Hall–Kier alpha value is -1.15. The van der Waals surface area contributed by atoms with E-state index in [2.05, 4.69) is 4.98 Å². The predicted molar refractivity (Wildman–Crippen MR) is 67.0 cm³/mol. The van der Waals surface area contributed by atoms with Crippen molar-refractivity contribution in [1.82, 2.24) is 4.98 Å². The van der Waals surface area contributed by atoms with Gasteiger partial charge in [-0.05, 0) is 12.1 Å². The van der Waals surface area contributed by atoms with Gasteiger partial charge >= 0.3 is 10.2 Å². The molecule has 104 valence electrons. The van der Waals surface area contributed by atoms with Crippen LogP contribution in [0.15, 0.2) is 12.1 Å². The van der Waals surface area contributed by atoms with Gasteiger partial charge in [0.15, 0.2) is 5.82 Å². The average molecular weight is 310 g/mol. The maximum atomic E-state index is 13.0. The summed E-state index contributed by atoms with van der Waals surface area (Å²) >= 11 is 5.72. The molecule has 1 aromatic heterocycles. The second-order valence-electron chi connectivity index (χ2n) is 4.65. The van der Waals surface area contributed by atoms with Gasteiger partial charge in [0.25, 0.3) is 5.92 Å². The highest BCUT2D eigenvalue weighted by atomic mass is 35.5. The van der Waals surface area contributed by atoms with E-state index in [1.165, 1.54) is 19.2 Å². The standard InChI is InChI=1S/C10H10ClF2N3O2S/c1-15-9-7(2-3-8(11)14-9)16(19(15,17)18)5-6-4-10(6,12)13/h2-3,6H,4-5H2,1H3. The van der Waals surface area contributed by atoms with Crippen LogP contribution in [-0.2, 0) is 10.2 Å². The zero-order chi connectivity index (χ0) is 14.0. The SMILES string of the molecule is CN1c2nc(Cl)ccc2N(CC2CC2(F)F)S1(=O)=O. The minimum Gasteiger partial charge on any atom is -0.249 e. The normalized spacial score (nSPS) is 26.4. The van der Waals surface area contributed by atoms with Crippen molar-refractivity contribution in [3.05, 3.63) is 17.3 Å². The second kappa shape index (κ2) is 3.69. The van der Waals surface area contributed by atoms with Crippen LogP contribution in [0.2, 0.25) is 5.15 Å². The van der Waals surface area contributed by atoms with Crippen molar-refractivity contribution >= 4 is 33.3 Å². The van der Waals surface area contributed by atoms with Crippen molar-refractivity contribution in [3.8, 4) is 0 Å². The van der Waals surface area contributed by atoms with Gasteiger partial charge in [0, 0.05) is 25.9 Å². The van der Waals surface area contributed by atoms with Crippen LogP contribution in [0.4, 0.5) is 20.3 Å². The van der Waals surface area contributed by atoms with Gasteiger partial charge < -0.3 is 0 Å². The van der Waals surface area contributed by atoms with Gasteiger partial charge in [-0.2, -0.15) is 8.42 Å². The average Bonchev–Trinajstić information content (AvgIpc) is 2.87. The van der Waals surface area contributed by atoms with E-state index < -0.39 is 22.0 Å². The largest absolute Gasteiger partial charge is 0.327 e. The Morgan fingerprint density at radius 2 is 2.16 bits per heavy atom. The Morgan fingerprint density at radius 1 is 1.53 bits per heavy atom. The first-order valence-corrected chi connectivity index (χ1v) is 7.32. The van der Waals surface area contributed by atoms with Crippen LogP contribution in [0, 0.1) is 5.92 Å². The summed E-state index contributed by atoms with van der Waals surface area (Å²) in [6.45, 7) is -0.240. The van der Waals surface area contributed by atoms with Crippen LogP contribution in [0.3, 0.4) is 0 Å². The van der Waals surface area contributed by atoms with Crippen molar-refractivity contribution < 1.29 is 17.2 Å². The number of hydrogen-bond donors (Lipinski definition) is 0. The van der Waals surface area contributed by atoms with Crippen LogP contribution < -0.4 is 8.61 Å². The number of hydrogen-bond acceptors (Lipinski definition) is 3. The molecule has 3 rings (SSSR count). The number of fused-ring (bicyclic) bond motifs is 1. The van der Waals surface area contributed by atoms with E-state index in [4.69, 9.17) is 11.6 Å². The molecule has 0 bridgehead atoms. The molecular weight excluding hydrogens is 300 g/mol. The molecule has 1 atom stereocenters. The van der Waals surface area contributed by atoms with E-state index in [1.54, 1.807) is 0 Å². The molecular formula is C10H10ClF2N3O2S. The summed E-state index contributed by atoms with van der Waals surface area (Å²) in [4.78, 5) is 3.93. The molecule has 0 amide bonds. The number of halogens is 3. The van der Waals surface area contributed by atoms with Crippen molar-refractivity contribution in [1.29, 1.82) is 0 Å². The van der Waals surface area contributed by atoms with E-state index in [0.29, 0.717) is 0 Å². The lowest BCUT2D eigenvalue weighted by Gasteiger charge is -2.18. The highest BCUT2D eigenvalue weighted by Gasteiger charge is 2.59. The highest BCUT2D eigenvalue weighted by molar-refractivity contribution is 7.94. The Kier molecular flexibility index (Phi) is 2.50. The topological polar surface area (TPSA) is 53.5 Å². The van der Waals surface area contributed by atoms with Crippen LogP contribution in [0.1, 0.15) is 6.42 Å². The quantitative estimate of drug-likeness (QED) is 0.784. The van der Waals surface area contributed by atoms with Gasteiger partial charge in [-0.25, -0.2) is 22.4 Å². The first-order chi connectivity index (χ1) is 8.73. The van der Waals surface area contributed by atoms with E-state index >= 15 is 0 Å². The van der Waals surface area contributed by atoms with Gasteiger partial charge in [-0.1, -0.05) is 11.6 Å². The Morgan fingerprint density at radius 3 is 2.74 bits per heavy atom. The molecule has 1 aliphatic heterocycles. The zero-order valence-corrected chi connectivity index (χ0v) is 11.4. The van der Waals surface area contributed by atoms with Crippen LogP contribution in [-0.4, -0.2) is 32.9 Å². The molecule has 1 aromatic rings. The number of aromatic nitrogens is 1. The number of rotatable bonds is 2. The maximum absolute atomic E-state index is 13.0. The third kappa shape index (κ3) is 1.85. The fourth-order valence-corrected chi connectivity index (χ4v) is 3.64. The van der Waals surface area contributed by atoms with Crippen molar-refractivity contribution in [2.75, 3.05) is 22.2 Å². The summed E-state index contributed by atoms with van der Waals surface area (Å²) in [7, 11) is -2.51. The third-order valence-corrected chi connectivity index (χ3v) is 5.33. The van der Waals surface area contributed by atoms with E-state index in [1.807, 2.05) is 0 Å². The van der Waals surface area contributed by atoms with Gasteiger partial charge in [0.1, 0.15) is 5.15 Å². The molecule has 5 nitrogen and oxygen atoms in total. The van der Waals surface area contributed by atoms with Crippen molar-refractivity contribution in [3.63, 3.8) is 0 Å². The highest BCUT2D eigenvalue weighted by Crippen LogP contribution is 2.51. The molecule has 0 aromatic carbocycles. The summed E-state index contributed by atoms with van der Waals surface area (Å²) in [5, 5.41) is 0.152. The summed E-state index contributed by atoms with van der Waals surface area (Å²) < 4.78 is 52.2. The summed E-state index contributed by atoms with van der Waals surface area (Å²) in [6.07, 6.45) is -0.279. The molecule has 1 fully saturated rings. The zero-order valence-electron chi connectivity index (χ0n) is 9.85.